The molecule has 0 saturated carbocycles. The van der Waals surface area contributed by atoms with E-state index in [-0.39, 0.29) is 0 Å². The van der Waals surface area contributed by atoms with Crippen molar-refractivity contribution < 1.29 is 4.79 Å². The fraction of sp³-hybridized carbons (Fsp3) is 0.977. The summed E-state index contributed by atoms with van der Waals surface area (Å²) in [6.07, 6.45) is 33.0. The summed E-state index contributed by atoms with van der Waals surface area (Å²) in [6.45, 7) is 23.8. The van der Waals surface area contributed by atoms with Crippen LogP contribution in [0.5, 0.6) is 0 Å². The molecule has 0 fully saturated rings. The zero-order valence-corrected chi connectivity index (χ0v) is 32.5. The molecule has 0 bridgehead atoms. The first-order valence-electron chi connectivity index (χ1n) is 20.4. The Labute approximate surface area is 280 Å². The molecule has 1 nitrogen and oxygen atoms in total. The maximum Gasteiger partial charge on any atom is 0.129 e. The van der Waals surface area contributed by atoms with Crippen molar-refractivity contribution in [2.45, 2.75) is 223 Å². The van der Waals surface area contributed by atoms with E-state index in [1.807, 2.05) is 0 Å². The third-order valence-corrected chi connectivity index (χ3v) is 11.1. The van der Waals surface area contributed by atoms with Crippen LogP contribution in [0.1, 0.15) is 223 Å². The van der Waals surface area contributed by atoms with Gasteiger partial charge < -0.3 is 4.79 Å². The molecule has 7 unspecified atom stereocenters. The van der Waals surface area contributed by atoms with E-state index in [1.165, 1.54) is 141 Å². The Bertz CT molecular complexity index is 622. The monoisotopic (exact) mass is 619 g/mol. The van der Waals surface area contributed by atoms with Crippen LogP contribution in [0.2, 0.25) is 0 Å². The number of Topliss-reactive ketones (excluding diaryl/α,β-unsaturated/α-hetero) is 1. The molecular formula is C43H86O. The molecule has 0 aliphatic rings. The van der Waals surface area contributed by atoms with Crippen LogP contribution in [-0.4, -0.2) is 5.78 Å². The summed E-state index contributed by atoms with van der Waals surface area (Å²) < 4.78 is 0. The molecule has 0 rings (SSSR count). The third kappa shape index (κ3) is 30.3. The highest BCUT2D eigenvalue weighted by Crippen LogP contribution is 2.26. The average Bonchev–Trinajstić information content (AvgIpc) is 2.92. The van der Waals surface area contributed by atoms with Crippen molar-refractivity contribution in [2.24, 2.45) is 47.3 Å². The van der Waals surface area contributed by atoms with Gasteiger partial charge in [-0.1, -0.05) is 204 Å². The third-order valence-electron chi connectivity index (χ3n) is 11.1. The highest BCUT2D eigenvalue weighted by molar-refractivity contribution is 5.75. The molecule has 0 spiro atoms. The van der Waals surface area contributed by atoms with Crippen molar-refractivity contribution in [1.29, 1.82) is 0 Å². The summed E-state index contributed by atoms with van der Waals surface area (Å²) in [4.78, 5) is 11.1. The van der Waals surface area contributed by atoms with Gasteiger partial charge in [0.15, 0.2) is 0 Å². The molecular weight excluding hydrogens is 532 g/mol. The highest BCUT2D eigenvalue weighted by Gasteiger charge is 2.11. The Morgan fingerprint density at radius 3 is 0.682 bits per heavy atom. The molecule has 44 heavy (non-hydrogen) atoms. The standard InChI is InChI=1S/C43H86O/c1-35(2)19-11-20-36(3)21-12-22-37(4)23-13-24-38(5)25-14-26-39(6)27-15-28-40(7)29-16-30-41(8)31-17-32-42(9)33-18-34-43(10)44/h35-42H,11-34H2,1-10H3. The molecule has 0 N–H and O–H groups in total. The van der Waals surface area contributed by atoms with Crippen molar-refractivity contribution in [3.05, 3.63) is 0 Å². The van der Waals surface area contributed by atoms with Gasteiger partial charge in [-0.25, -0.2) is 0 Å². The van der Waals surface area contributed by atoms with Crippen LogP contribution in [0.25, 0.3) is 0 Å². The van der Waals surface area contributed by atoms with Gasteiger partial charge in [-0.05, 0) is 60.7 Å². The smallest absolute Gasteiger partial charge is 0.129 e. The molecule has 264 valence electrons. The fourth-order valence-electron chi connectivity index (χ4n) is 7.47. The number of carbonyl (C=O) groups is 1. The maximum absolute atomic E-state index is 11.1. The minimum atomic E-state index is 0.346. The Balaban J connectivity index is 3.69. The second-order valence-electron chi connectivity index (χ2n) is 17.2. The first-order valence-corrected chi connectivity index (χ1v) is 20.4. The van der Waals surface area contributed by atoms with Gasteiger partial charge in [0, 0.05) is 6.42 Å². The van der Waals surface area contributed by atoms with Crippen LogP contribution in [0.15, 0.2) is 0 Å². The summed E-state index contributed by atoms with van der Waals surface area (Å²) in [5.41, 5.74) is 0. The van der Waals surface area contributed by atoms with E-state index in [1.54, 1.807) is 6.92 Å². The molecule has 0 aliphatic carbocycles. The van der Waals surface area contributed by atoms with E-state index in [4.69, 9.17) is 0 Å². The molecule has 0 aromatic carbocycles. The molecule has 0 saturated heterocycles. The molecule has 7 atom stereocenters. The minimum Gasteiger partial charge on any atom is -0.300 e. The van der Waals surface area contributed by atoms with Gasteiger partial charge in [0.05, 0.1) is 0 Å². The topological polar surface area (TPSA) is 17.1 Å². The van der Waals surface area contributed by atoms with Crippen molar-refractivity contribution in [3.8, 4) is 0 Å². The van der Waals surface area contributed by atoms with Crippen molar-refractivity contribution in [3.63, 3.8) is 0 Å². The Morgan fingerprint density at radius 1 is 0.318 bits per heavy atom. The zero-order valence-electron chi connectivity index (χ0n) is 32.5. The van der Waals surface area contributed by atoms with Crippen molar-refractivity contribution in [1.82, 2.24) is 0 Å². The summed E-state index contributed by atoms with van der Waals surface area (Å²) in [5.74, 6) is 7.45. The Morgan fingerprint density at radius 2 is 0.500 bits per heavy atom. The van der Waals surface area contributed by atoms with Gasteiger partial charge in [-0.15, -0.1) is 0 Å². The van der Waals surface area contributed by atoms with Gasteiger partial charge in [-0.3, -0.25) is 0 Å². The number of rotatable bonds is 32. The van der Waals surface area contributed by atoms with E-state index in [2.05, 4.69) is 62.3 Å². The Kier molecular flexibility index (Phi) is 28.6. The van der Waals surface area contributed by atoms with E-state index >= 15 is 0 Å². The second kappa shape index (κ2) is 28.9. The lowest BCUT2D eigenvalue weighted by atomic mass is 9.88. The number of hydrogen-bond acceptors (Lipinski definition) is 1. The van der Waals surface area contributed by atoms with Crippen LogP contribution in [-0.2, 0) is 4.79 Å². The average molecular weight is 619 g/mol. The number of carbonyl (C=O) groups excluding carboxylic acids is 1. The number of hydrogen-bond donors (Lipinski definition) is 0. The fourth-order valence-corrected chi connectivity index (χ4v) is 7.47. The molecule has 0 aromatic rings. The lowest BCUT2D eigenvalue weighted by molar-refractivity contribution is -0.117. The van der Waals surface area contributed by atoms with Gasteiger partial charge in [0.25, 0.3) is 0 Å². The first kappa shape index (κ1) is 43.7. The largest absolute Gasteiger partial charge is 0.300 e. The molecule has 1 heteroatoms. The second-order valence-corrected chi connectivity index (χ2v) is 17.2. The zero-order chi connectivity index (χ0) is 33.2. The van der Waals surface area contributed by atoms with Gasteiger partial charge >= 0.3 is 0 Å². The predicted octanol–water partition coefficient (Wildman–Crippen LogP) is 15.0. The lowest BCUT2D eigenvalue weighted by Gasteiger charge is -2.18. The predicted molar refractivity (Wildman–Crippen MR) is 200 cm³/mol. The quantitative estimate of drug-likeness (QED) is 0.0733. The summed E-state index contributed by atoms with van der Waals surface area (Å²) in [5, 5.41) is 0. The van der Waals surface area contributed by atoms with Crippen LogP contribution in [0, 0.1) is 47.3 Å². The normalized spacial score (nSPS) is 16.9. The van der Waals surface area contributed by atoms with E-state index in [0.29, 0.717) is 5.78 Å². The summed E-state index contributed by atoms with van der Waals surface area (Å²) in [7, 11) is 0. The Hall–Kier alpha value is -0.330. The SMILES string of the molecule is CC(=O)CCCC(C)CCCC(C)CCCC(C)CCCC(C)CCCC(C)CCCC(C)CCCC(C)CCCC(C)C. The molecule has 0 radical (unpaired) electrons. The van der Waals surface area contributed by atoms with Gasteiger partial charge in [0.2, 0.25) is 0 Å². The van der Waals surface area contributed by atoms with E-state index < -0.39 is 0 Å². The summed E-state index contributed by atoms with van der Waals surface area (Å²) >= 11 is 0. The maximum atomic E-state index is 11.1. The summed E-state index contributed by atoms with van der Waals surface area (Å²) in [6, 6.07) is 0. The van der Waals surface area contributed by atoms with Gasteiger partial charge in [0.1, 0.15) is 5.78 Å². The minimum absolute atomic E-state index is 0.346. The van der Waals surface area contributed by atoms with Crippen LogP contribution >= 0.6 is 0 Å². The van der Waals surface area contributed by atoms with Crippen LogP contribution in [0.3, 0.4) is 0 Å². The van der Waals surface area contributed by atoms with Gasteiger partial charge in [-0.2, -0.15) is 0 Å². The van der Waals surface area contributed by atoms with Crippen LogP contribution < -0.4 is 0 Å². The molecule has 0 aromatic heterocycles. The molecule has 0 amide bonds. The number of ketones is 1. The molecule has 0 aliphatic heterocycles. The first-order chi connectivity index (χ1) is 20.9. The van der Waals surface area contributed by atoms with E-state index in [9.17, 15) is 4.79 Å². The molecule has 0 heterocycles. The van der Waals surface area contributed by atoms with Crippen molar-refractivity contribution in [2.75, 3.05) is 0 Å². The highest BCUT2D eigenvalue weighted by atomic mass is 16.1. The van der Waals surface area contributed by atoms with E-state index in [0.717, 1.165) is 60.2 Å². The lowest BCUT2D eigenvalue weighted by Crippen LogP contribution is -2.03. The van der Waals surface area contributed by atoms with Crippen molar-refractivity contribution >= 4 is 5.78 Å². The van der Waals surface area contributed by atoms with Crippen LogP contribution in [0.4, 0.5) is 0 Å².